The van der Waals surface area contributed by atoms with E-state index < -0.39 is 10.0 Å². The van der Waals surface area contributed by atoms with Gasteiger partial charge in [-0.15, -0.1) is 0 Å². The van der Waals surface area contributed by atoms with Gasteiger partial charge in [-0.05, 0) is 61.4 Å². The van der Waals surface area contributed by atoms with Gasteiger partial charge in [0.1, 0.15) is 5.75 Å². The van der Waals surface area contributed by atoms with Gasteiger partial charge in [-0.2, -0.15) is 4.31 Å². The highest BCUT2D eigenvalue weighted by Gasteiger charge is 2.35. The van der Waals surface area contributed by atoms with Crippen LogP contribution in [-0.4, -0.2) is 48.8 Å². The third-order valence-corrected chi connectivity index (χ3v) is 9.61. The summed E-state index contributed by atoms with van der Waals surface area (Å²) in [6, 6.07) is 17.4. The maximum absolute atomic E-state index is 13.8. The van der Waals surface area contributed by atoms with Crippen LogP contribution in [0.2, 0.25) is 5.02 Å². The zero-order chi connectivity index (χ0) is 26.0. The number of fused-ring (bicyclic) bond motifs is 1. The van der Waals surface area contributed by atoms with Crippen molar-refractivity contribution in [1.82, 2.24) is 14.3 Å². The Bertz CT molecular complexity index is 1500. The number of pyridine rings is 1. The van der Waals surface area contributed by atoms with Gasteiger partial charge in [-0.3, -0.25) is 14.7 Å². The number of benzene rings is 2. The molecule has 5 rings (SSSR count). The average molecular weight is 557 g/mol. The van der Waals surface area contributed by atoms with Crippen molar-refractivity contribution in [2.45, 2.75) is 24.3 Å². The van der Waals surface area contributed by atoms with Crippen LogP contribution < -0.4 is 9.64 Å². The second kappa shape index (κ2) is 10.7. The summed E-state index contributed by atoms with van der Waals surface area (Å²) < 4.78 is 33.9. The maximum atomic E-state index is 13.8. The number of methoxy groups -OCH3 is 1. The Balaban J connectivity index is 1.37. The van der Waals surface area contributed by atoms with E-state index in [9.17, 15) is 13.2 Å². The molecule has 1 aliphatic heterocycles. The summed E-state index contributed by atoms with van der Waals surface area (Å²) in [5.41, 5.74) is 1.50. The van der Waals surface area contributed by atoms with Gasteiger partial charge in [-0.25, -0.2) is 13.4 Å². The molecular weight excluding hydrogens is 532 g/mol. The highest BCUT2D eigenvalue weighted by atomic mass is 35.5. The molecule has 8 nitrogen and oxygen atoms in total. The van der Waals surface area contributed by atoms with Gasteiger partial charge >= 0.3 is 0 Å². The lowest BCUT2D eigenvalue weighted by atomic mass is 9.96. The first-order valence-electron chi connectivity index (χ1n) is 11.8. The Labute approximate surface area is 224 Å². The molecule has 0 radical (unpaired) electrons. The number of carbonyl (C=O) groups excluding carboxylic acids is 1. The van der Waals surface area contributed by atoms with Crippen LogP contribution in [0.15, 0.2) is 71.8 Å². The first kappa shape index (κ1) is 25.6. The highest BCUT2D eigenvalue weighted by Crippen LogP contribution is 2.34. The number of thiazole rings is 1. The van der Waals surface area contributed by atoms with Crippen LogP contribution in [0.25, 0.3) is 10.2 Å². The van der Waals surface area contributed by atoms with Gasteiger partial charge in [0.05, 0.1) is 34.5 Å². The molecule has 11 heteroatoms. The second-order valence-corrected chi connectivity index (χ2v) is 12.1. The van der Waals surface area contributed by atoms with Crippen molar-refractivity contribution in [1.29, 1.82) is 0 Å². The summed E-state index contributed by atoms with van der Waals surface area (Å²) in [5.74, 6) is 0.281. The molecule has 0 saturated carbocycles. The van der Waals surface area contributed by atoms with Crippen molar-refractivity contribution in [3.8, 4) is 5.75 Å². The van der Waals surface area contributed by atoms with Crippen molar-refractivity contribution in [2.24, 2.45) is 5.92 Å². The van der Waals surface area contributed by atoms with Crippen molar-refractivity contribution < 1.29 is 17.9 Å². The lowest BCUT2D eigenvalue weighted by Crippen LogP contribution is -2.44. The zero-order valence-electron chi connectivity index (χ0n) is 20.1. The molecule has 0 bridgehead atoms. The molecule has 1 saturated heterocycles. The lowest BCUT2D eigenvalue weighted by Gasteiger charge is -2.33. The summed E-state index contributed by atoms with van der Waals surface area (Å²) in [5, 5.41) is 1.06. The average Bonchev–Trinajstić information content (AvgIpc) is 3.35. The van der Waals surface area contributed by atoms with Crippen LogP contribution in [0.4, 0.5) is 5.13 Å². The van der Waals surface area contributed by atoms with E-state index in [4.69, 9.17) is 21.3 Å². The minimum atomic E-state index is -3.66. The predicted octanol–water partition coefficient (Wildman–Crippen LogP) is 4.99. The molecule has 0 unspecified atom stereocenters. The van der Waals surface area contributed by atoms with Gasteiger partial charge < -0.3 is 4.74 Å². The highest BCUT2D eigenvalue weighted by molar-refractivity contribution is 7.89. The Morgan fingerprint density at radius 1 is 1.14 bits per heavy atom. The number of aromatic nitrogens is 2. The first-order valence-corrected chi connectivity index (χ1v) is 14.4. The summed E-state index contributed by atoms with van der Waals surface area (Å²) >= 11 is 7.35. The Morgan fingerprint density at radius 3 is 2.57 bits per heavy atom. The summed E-state index contributed by atoms with van der Waals surface area (Å²) in [7, 11) is -2.05. The van der Waals surface area contributed by atoms with Crippen LogP contribution in [0.1, 0.15) is 18.5 Å². The number of ether oxygens (including phenoxy) is 1. The molecular formula is C26H25ClN4O4S2. The topological polar surface area (TPSA) is 92.7 Å². The van der Waals surface area contributed by atoms with E-state index in [0.29, 0.717) is 28.7 Å². The molecule has 2 aromatic heterocycles. The third-order valence-electron chi connectivity index (χ3n) is 6.38. The number of hydrogen-bond acceptors (Lipinski definition) is 7. The van der Waals surface area contributed by atoms with Gasteiger partial charge in [-0.1, -0.05) is 29.0 Å². The van der Waals surface area contributed by atoms with Gasteiger partial charge in [0.2, 0.25) is 15.9 Å². The molecule has 0 spiro atoms. The van der Waals surface area contributed by atoms with Crippen molar-refractivity contribution in [3.63, 3.8) is 0 Å². The number of halogens is 1. The van der Waals surface area contributed by atoms with E-state index in [0.717, 1.165) is 15.9 Å². The number of rotatable bonds is 7. The zero-order valence-corrected chi connectivity index (χ0v) is 22.5. The summed E-state index contributed by atoms with van der Waals surface area (Å²) in [4.78, 5) is 24.8. The quantitative estimate of drug-likeness (QED) is 0.318. The molecule has 37 heavy (non-hydrogen) atoms. The summed E-state index contributed by atoms with van der Waals surface area (Å²) in [6.45, 7) is 0.797. The number of piperidine rings is 1. The van der Waals surface area contributed by atoms with Crippen molar-refractivity contribution in [3.05, 3.63) is 77.6 Å². The molecule has 4 aromatic rings. The van der Waals surface area contributed by atoms with Crippen LogP contribution in [0.3, 0.4) is 0 Å². The van der Waals surface area contributed by atoms with Crippen LogP contribution in [-0.2, 0) is 21.4 Å². The lowest BCUT2D eigenvalue weighted by molar-refractivity contribution is -0.123. The van der Waals surface area contributed by atoms with Crippen LogP contribution in [0, 0.1) is 5.92 Å². The van der Waals surface area contributed by atoms with E-state index in [1.807, 2.05) is 36.4 Å². The normalized spacial score (nSPS) is 15.1. The number of amides is 1. The monoisotopic (exact) mass is 556 g/mol. The minimum absolute atomic E-state index is 0.0831. The number of anilines is 1. The van der Waals surface area contributed by atoms with Gasteiger partial charge in [0.25, 0.3) is 0 Å². The molecule has 192 valence electrons. The molecule has 1 aliphatic rings. The number of nitrogens with zero attached hydrogens (tertiary/aromatic N) is 4. The number of carbonyl (C=O) groups is 1. The number of sulfonamides is 1. The molecule has 2 aromatic carbocycles. The second-order valence-electron chi connectivity index (χ2n) is 8.71. The first-order chi connectivity index (χ1) is 17.8. The fourth-order valence-electron chi connectivity index (χ4n) is 4.35. The van der Waals surface area contributed by atoms with Gasteiger partial charge in [0, 0.05) is 36.3 Å². The molecule has 1 fully saturated rings. The van der Waals surface area contributed by atoms with E-state index in [1.54, 1.807) is 30.3 Å². The van der Waals surface area contributed by atoms with E-state index in [-0.39, 0.29) is 36.4 Å². The van der Waals surface area contributed by atoms with Gasteiger partial charge in [0.15, 0.2) is 5.13 Å². The van der Waals surface area contributed by atoms with Crippen LogP contribution in [0.5, 0.6) is 5.75 Å². The fraction of sp³-hybridized carbons (Fsp3) is 0.269. The Morgan fingerprint density at radius 2 is 1.89 bits per heavy atom. The SMILES string of the molecule is COc1ccc2sc(N(Cc3ccccn3)C(=O)C3CCN(S(=O)(=O)c4ccc(Cl)cc4)CC3)nc2c1. The maximum Gasteiger partial charge on any atom is 0.243 e. The molecule has 0 atom stereocenters. The Hall–Kier alpha value is -3.05. The predicted molar refractivity (Wildman–Crippen MR) is 145 cm³/mol. The van der Waals surface area contributed by atoms with Crippen molar-refractivity contribution >= 4 is 54.2 Å². The molecule has 0 aliphatic carbocycles. The molecule has 3 heterocycles. The minimum Gasteiger partial charge on any atom is -0.497 e. The fourth-order valence-corrected chi connectivity index (χ4v) is 6.90. The van der Waals surface area contributed by atoms with Crippen molar-refractivity contribution in [2.75, 3.05) is 25.1 Å². The van der Waals surface area contributed by atoms with E-state index in [1.165, 1.54) is 27.8 Å². The molecule has 0 N–H and O–H groups in total. The Kier molecular flexibility index (Phi) is 7.43. The standard InChI is InChI=1S/C26H25ClN4O4S2/c1-35-21-7-10-24-23(16-21)29-26(36-24)31(17-20-4-2-3-13-28-20)25(32)18-11-14-30(15-12-18)37(33,34)22-8-5-19(27)6-9-22/h2-10,13,16,18H,11-12,14-15,17H2,1H3. The van der Waals surface area contributed by atoms with Crippen LogP contribution >= 0.6 is 22.9 Å². The van der Waals surface area contributed by atoms with E-state index in [2.05, 4.69) is 4.98 Å². The summed E-state index contributed by atoms with van der Waals surface area (Å²) in [6.07, 6.45) is 2.54. The molecule has 1 amide bonds. The third kappa shape index (κ3) is 5.47. The van der Waals surface area contributed by atoms with E-state index >= 15 is 0 Å². The number of hydrogen-bond donors (Lipinski definition) is 0. The smallest absolute Gasteiger partial charge is 0.243 e. The largest absolute Gasteiger partial charge is 0.497 e.